The highest BCUT2D eigenvalue weighted by atomic mass is 16.1. The molecule has 3 heterocycles. The van der Waals surface area contributed by atoms with Crippen LogP contribution in [0.5, 0.6) is 0 Å². The lowest BCUT2D eigenvalue weighted by Gasteiger charge is -2.26. The number of pyridine rings is 1. The van der Waals surface area contributed by atoms with Gasteiger partial charge in [0.25, 0.3) is 5.91 Å². The summed E-state index contributed by atoms with van der Waals surface area (Å²) in [7, 11) is 0. The quantitative estimate of drug-likeness (QED) is 0.607. The lowest BCUT2D eigenvalue weighted by molar-refractivity contribution is 0.0953. The van der Waals surface area contributed by atoms with Gasteiger partial charge in [-0.1, -0.05) is 31.0 Å². The fourth-order valence-electron chi connectivity index (χ4n) is 4.92. The number of benzene rings is 1. The van der Waals surface area contributed by atoms with E-state index in [0.717, 1.165) is 64.2 Å². The molecular formula is C25H35N5O. The molecule has 31 heavy (non-hydrogen) atoms. The molecule has 1 unspecified atom stereocenters. The molecule has 2 aromatic rings. The SMILES string of the molecule is NCCCCCCNC(=O)c1ccnc(N2CCC3(CCN(c4ccccc4)C3)C2)c1. The summed E-state index contributed by atoms with van der Waals surface area (Å²) in [6, 6.07) is 14.5. The van der Waals surface area contributed by atoms with Crippen molar-refractivity contribution in [2.24, 2.45) is 11.1 Å². The van der Waals surface area contributed by atoms with E-state index in [2.05, 4.69) is 50.4 Å². The van der Waals surface area contributed by atoms with Crippen molar-refractivity contribution in [2.45, 2.75) is 38.5 Å². The second-order valence-electron chi connectivity index (χ2n) is 9.04. The van der Waals surface area contributed by atoms with E-state index < -0.39 is 0 Å². The molecule has 1 atom stereocenters. The van der Waals surface area contributed by atoms with E-state index in [-0.39, 0.29) is 5.91 Å². The number of carbonyl (C=O) groups excluding carboxylic acids is 1. The summed E-state index contributed by atoms with van der Waals surface area (Å²) in [5, 5.41) is 3.04. The fraction of sp³-hybridized carbons (Fsp3) is 0.520. The summed E-state index contributed by atoms with van der Waals surface area (Å²) in [6.45, 7) is 5.67. The van der Waals surface area contributed by atoms with Crippen LogP contribution in [0.15, 0.2) is 48.7 Å². The zero-order valence-corrected chi connectivity index (χ0v) is 18.4. The molecule has 1 spiro atoms. The van der Waals surface area contributed by atoms with Crippen LogP contribution in [0, 0.1) is 5.41 Å². The number of amides is 1. The van der Waals surface area contributed by atoms with Crippen molar-refractivity contribution in [3.63, 3.8) is 0 Å². The van der Waals surface area contributed by atoms with Crippen LogP contribution in [-0.2, 0) is 0 Å². The minimum Gasteiger partial charge on any atom is -0.371 e. The second kappa shape index (κ2) is 10.1. The van der Waals surface area contributed by atoms with Gasteiger partial charge in [0.2, 0.25) is 0 Å². The number of rotatable bonds is 9. The summed E-state index contributed by atoms with van der Waals surface area (Å²) in [6.07, 6.45) is 8.44. The number of aromatic nitrogens is 1. The predicted octanol–water partition coefficient (Wildman–Crippen LogP) is 3.44. The predicted molar refractivity (Wildman–Crippen MR) is 127 cm³/mol. The second-order valence-corrected chi connectivity index (χ2v) is 9.04. The number of para-hydroxylation sites is 1. The summed E-state index contributed by atoms with van der Waals surface area (Å²) in [4.78, 5) is 22.0. The molecule has 0 bridgehead atoms. The van der Waals surface area contributed by atoms with Crippen LogP contribution in [0.3, 0.4) is 0 Å². The van der Waals surface area contributed by atoms with Crippen LogP contribution in [0.4, 0.5) is 11.5 Å². The smallest absolute Gasteiger partial charge is 0.251 e. The van der Waals surface area contributed by atoms with E-state index in [1.165, 1.54) is 18.5 Å². The molecule has 2 aliphatic heterocycles. The van der Waals surface area contributed by atoms with Crippen LogP contribution in [0.25, 0.3) is 0 Å². The minimum atomic E-state index is -0.00694. The first-order chi connectivity index (χ1) is 15.2. The standard InChI is InChI=1S/C25H35N5O/c26-13-6-1-2-7-14-28-24(31)21-10-15-27-23(18-21)30-17-12-25(20-30)11-16-29(19-25)22-8-4-3-5-9-22/h3-5,8-10,15,18H,1-2,6-7,11-14,16-17,19-20,26H2,(H,28,31). The maximum atomic E-state index is 12.6. The molecule has 2 aliphatic rings. The number of hydrogen-bond acceptors (Lipinski definition) is 5. The lowest BCUT2D eigenvalue weighted by atomic mass is 9.86. The number of nitrogens with zero attached hydrogens (tertiary/aromatic N) is 3. The van der Waals surface area contributed by atoms with Gasteiger partial charge in [0, 0.05) is 55.6 Å². The average Bonchev–Trinajstić information content (AvgIpc) is 3.43. The van der Waals surface area contributed by atoms with Gasteiger partial charge in [-0.25, -0.2) is 4.98 Å². The molecule has 2 fully saturated rings. The Hall–Kier alpha value is -2.60. The van der Waals surface area contributed by atoms with Crippen LogP contribution in [-0.4, -0.2) is 50.2 Å². The topological polar surface area (TPSA) is 74.5 Å². The summed E-state index contributed by atoms with van der Waals surface area (Å²) in [5.41, 5.74) is 7.86. The van der Waals surface area contributed by atoms with E-state index in [9.17, 15) is 4.79 Å². The van der Waals surface area contributed by atoms with Crippen LogP contribution < -0.4 is 20.9 Å². The first-order valence-corrected chi connectivity index (χ1v) is 11.7. The van der Waals surface area contributed by atoms with Crippen LogP contribution in [0.1, 0.15) is 48.9 Å². The first kappa shape index (κ1) is 21.6. The molecule has 3 N–H and O–H groups in total. The molecule has 0 radical (unpaired) electrons. The fourth-order valence-corrected chi connectivity index (χ4v) is 4.92. The van der Waals surface area contributed by atoms with Crippen molar-refractivity contribution in [1.29, 1.82) is 0 Å². The van der Waals surface area contributed by atoms with Gasteiger partial charge in [0.15, 0.2) is 0 Å². The lowest BCUT2D eigenvalue weighted by Crippen LogP contribution is -2.31. The van der Waals surface area contributed by atoms with Crippen molar-refractivity contribution < 1.29 is 4.79 Å². The molecule has 6 nitrogen and oxygen atoms in total. The molecule has 1 aromatic heterocycles. The maximum Gasteiger partial charge on any atom is 0.251 e. The molecule has 1 aromatic carbocycles. The van der Waals surface area contributed by atoms with E-state index in [4.69, 9.17) is 5.73 Å². The third-order valence-electron chi connectivity index (χ3n) is 6.75. The highest BCUT2D eigenvalue weighted by Gasteiger charge is 2.43. The van der Waals surface area contributed by atoms with Gasteiger partial charge in [-0.15, -0.1) is 0 Å². The number of anilines is 2. The van der Waals surface area contributed by atoms with E-state index >= 15 is 0 Å². The normalized spacial score (nSPS) is 20.5. The molecule has 2 saturated heterocycles. The van der Waals surface area contributed by atoms with Crippen LogP contribution >= 0.6 is 0 Å². The third kappa shape index (κ3) is 5.37. The van der Waals surface area contributed by atoms with Gasteiger partial charge >= 0.3 is 0 Å². The van der Waals surface area contributed by atoms with Gasteiger partial charge < -0.3 is 20.9 Å². The zero-order chi connectivity index (χ0) is 21.5. The molecule has 0 saturated carbocycles. The van der Waals surface area contributed by atoms with Crippen molar-refractivity contribution in [3.8, 4) is 0 Å². The largest absolute Gasteiger partial charge is 0.371 e. The van der Waals surface area contributed by atoms with Crippen molar-refractivity contribution in [1.82, 2.24) is 10.3 Å². The number of carbonyl (C=O) groups is 1. The molecule has 6 heteroatoms. The van der Waals surface area contributed by atoms with E-state index in [1.807, 2.05) is 12.1 Å². The Morgan fingerprint density at radius 1 is 1.00 bits per heavy atom. The highest BCUT2D eigenvalue weighted by molar-refractivity contribution is 5.94. The molecule has 166 valence electrons. The minimum absolute atomic E-state index is 0.00694. The van der Waals surface area contributed by atoms with Gasteiger partial charge in [0.1, 0.15) is 5.82 Å². The summed E-state index contributed by atoms with van der Waals surface area (Å²) < 4.78 is 0. The first-order valence-electron chi connectivity index (χ1n) is 11.7. The van der Waals surface area contributed by atoms with Crippen molar-refractivity contribution in [3.05, 3.63) is 54.2 Å². The monoisotopic (exact) mass is 421 g/mol. The van der Waals surface area contributed by atoms with Gasteiger partial charge in [0.05, 0.1) is 0 Å². The van der Waals surface area contributed by atoms with Crippen molar-refractivity contribution in [2.75, 3.05) is 49.1 Å². The van der Waals surface area contributed by atoms with Gasteiger partial charge in [-0.05, 0) is 56.5 Å². The van der Waals surface area contributed by atoms with E-state index in [1.54, 1.807) is 6.20 Å². The summed E-state index contributed by atoms with van der Waals surface area (Å²) >= 11 is 0. The zero-order valence-electron chi connectivity index (χ0n) is 18.4. The Balaban J connectivity index is 1.31. The maximum absolute atomic E-state index is 12.6. The van der Waals surface area contributed by atoms with Gasteiger partial charge in [-0.3, -0.25) is 4.79 Å². The molecular weight excluding hydrogens is 386 g/mol. The Kier molecular flexibility index (Phi) is 7.07. The molecule has 1 amide bonds. The molecule has 0 aliphatic carbocycles. The average molecular weight is 422 g/mol. The van der Waals surface area contributed by atoms with E-state index in [0.29, 0.717) is 17.5 Å². The Morgan fingerprint density at radius 3 is 2.55 bits per heavy atom. The third-order valence-corrected chi connectivity index (χ3v) is 6.75. The van der Waals surface area contributed by atoms with Crippen LogP contribution in [0.2, 0.25) is 0 Å². The Labute approximate surface area is 185 Å². The number of hydrogen-bond donors (Lipinski definition) is 2. The van der Waals surface area contributed by atoms with Crippen molar-refractivity contribution >= 4 is 17.4 Å². The Morgan fingerprint density at radius 2 is 1.74 bits per heavy atom. The van der Waals surface area contributed by atoms with Gasteiger partial charge in [-0.2, -0.15) is 0 Å². The summed E-state index contributed by atoms with van der Waals surface area (Å²) in [5.74, 6) is 0.915. The number of unbranched alkanes of at least 4 members (excludes halogenated alkanes) is 3. The number of nitrogens with one attached hydrogen (secondary N) is 1. The highest BCUT2D eigenvalue weighted by Crippen LogP contribution is 2.42. The molecule has 4 rings (SSSR count). The number of nitrogens with two attached hydrogens (primary N) is 1. The Bertz CT molecular complexity index is 858.